The molecule has 10 nitrogen and oxygen atoms in total. The fourth-order valence-corrected chi connectivity index (χ4v) is 5.55. The summed E-state index contributed by atoms with van der Waals surface area (Å²) in [5.41, 5.74) is 2.36. The van der Waals surface area contributed by atoms with E-state index < -0.39 is 0 Å². The van der Waals surface area contributed by atoms with Crippen LogP contribution in [0.15, 0.2) is 87.8 Å². The summed E-state index contributed by atoms with van der Waals surface area (Å²) in [5.74, 6) is 2.28. The van der Waals surface area contributed by atoms with Gasteiger partial charge in [-0.2, -0.15) is 4.98 Å². The highest BCUT2D eigenvalue weighted by molar-refractivity contribution is 7.98. The number of nitrogens with zero attached hydrogens (tertiary/aromatic N) is 5. The number of nitrogens with one attached hydrogen (secondary N) is 1. The Morgan fingerprint density at radius 3 is 2.39 bits per heavy atom. The fourth-order valence-electron chi connectivity index (χ4n) is 4.68. The number of H-pyrrole nitrogens is 1. The third kappa shape index (κ3) is 4.94. The molecule has 12 heteroatoms. The molecule has 1 aliphatic heterocycles. The second kappa shape index (κ2) is 10.4. The number of benzene rings is 2. The van der Waals surface area contributed by atoms with Crippen molar-refractivity contribution in [1.82, 2.24) is 29.3 Å². The van der Waals surface area contributed by atoms with Crippen LogP contribution in [-0.2, 0) is 12.3 Å². The highest BCUT2D eigenvalue weighted by Gasteiger charge is 2.15. The van der Waals surface area contributed by atoms with Crippen molar-refractivity contribution in [3.05, 3.63) is 110 Å². The Balaban J connectivity index is 1.19. The minimum absolute atomic E-state index is 0.248. The molecule has 1 aliphatic rings. The quantitative estimate of drug-likeness (QED) is 0.223. The molecule has 5 heterocycles. The third-order valence-electron chi connectivity index (χ3n) is 6.74. The smallest absolute Gasteiger partial charge is 0.266 e. The lowest BCUT2D eigenvalue weighted by Crippen LogP contribution is -2.22. The molecule has 4 aromatic heterocycles. The van der Waals surface area contributed by atoms with Crippen molar-refractivity contribution in [2.45, 2.75) is 17.5 Å². The van der Waals surface area contributed by atoms with E-state index in [4.69, 9.17) is 21.1 Å². The van der Waals surface area contributed by atoms with Gasteiger partial charge < -0.3 is 14.0 Å². The predicted molar refractivity (Wildman–Crippen MR) is 157 cm³/mol. The maximum absolute atomic E-state index is 13.5. The zero-order valence-corrected chi connectivity index (χ0v) is 23.0. The molecular formula is C29H21ClN6O4S. The summed E-state index contributed by atoms with van der Waals surface area (Å²) in [6, 6.07) is 18.3. The number of thioether (sulfide) groups is 1. The van der Waals surface area contributed by atoms with Gasteiger partial charge in [0.15, 0.2) is 11.5 Å². The van der Waals surface area contributed by atoms with Gasteiger partial charge in [0.25, 0.3) is 11.1 Å². The molecule has 0 spiro atoms. The summed E-state index contributed by atoms with van der Waals surface area (Å²) in [7, 11) is 0. The zero-order valence-electron chi connectivity index (χ0n) is 21.4. The summed E-state index contributed by atoms with van der Waals surface area (Å²) in [6.07, 6.45) is 3.31. The van der Waals surface area contributed by atoms with Crippen LogP contribution in [0.3, 0.4) is 0 Å². The molecule has 0 amide bonds. The van der Waals surface area contributed by atoms with Gasteiger partial charge >= 0.3 is 0 Å². The molecule has 0 atom stereocenters. The van der Waals surface area contributed by atoms with Crippen LogP contribution in [0, 0.1) is 0 Å². The number of hydrogen-bond acceptors (Lipinski definition) is 8. The molecule has 6 aromatic rings. The van der Waals surface area contributed by atoms with Gasteiger partial charge in [-0.05, 0) is 53.6 Å². The van der Waals surface area contributed by atoms with E-state index >= 15 is 0 Å². The number of fused-ring (bicyclic) bond motifs is 3. The summed E-state index contributed by atoms with van der Waals surface area (Å²) >= 11 is 7.39. The molecule has 0 radical (unpaired) electrons. The molecule has 2 aromatic carbocycles. The van der Waals surface area contributed by atoms with Crippen molar-refractivity contribution in [2.75, 3.05) is 13.2 Å². The van der Waals surface area contributed by atoms with Crippen molar-refractivity contribution in [1.29, 1.82) is 0 Å². The first-order valence-electron chi connectivity index (χ1n) is 12.8. The van der Waals surface area contributed by atoms with Crippen molar-refractivity contribution in [3.8, 4) is 17.4 Å². The standard InChI is InChI=1S/C29H21ClN6O4S/c30-19-4-1-17(2-5-19)16-41-29-32-28(33-34-29)36-10-8-23-21(27(36)38)14-20-22(31-23)7-9-35(26(20)37)15-18-3-6-24-25(13-18)40-12-11-39-24/h1-10,13-14H,11-12,15-16H2,(H,32,33,34). The average molecular weight is 585 g/mol. The Bertz CT molecular complexity index is 2050. The summed E-state index contributed by atoms with van der Waals surface area (Å²) in [4.78, 5) is 36.0. The average Bonchev–Trinajstić information content (AvgIpc) is 3.47. The lowest BCUT2D eigenvalue weighted by Gasteiger charge is -2.19. The van der Waals surface area contributed by atoms with Gasteiger partial charge in [0.2, 0.25) is 11.1 Å². The fraction of sp³-hybridized carbons (Fsp3) is 0.138. The van der Waals surface area contributed by atoms with E-state index in [-0.39, 0.29) is 17.1 Å². The van der Waals surface area contributed by atoms with Crippen molar-refractivity contribution in [3.63, 3.8) is 0 Å². The topological polar surface area (TPSA) is 117 Å². The van der Waals surface area contributed by atoms with E-state index in [0.29, 0.717) is 69.0 Å². The number of hydrogen-bond donors (Lipinski definition) is 1. The highest BCUT2D eigenvalue weighted by Crippen LogP contribution is 2.31. The van der Waals surface area contributed by atoms with Gasteiger partial charge in [0.1, 0.15) is 13.2 Å². The number of halogens is 1. The van der Waals surface area contributed by atoms with Crippen LogP contribution in [0.4, 0.5) is 0 Å². The van der Waals surface area contributed by atoms with Gasteiger partial charge in [0, 0.05) is 23.2 Å². The van der Waals surface area contributed by atoms with Crippen LogP contribution < -0.4 is 20.6 Å². The van der Waals surface area contributed by atoms with Crippen LogP contribution in [0.5, 0.6) is 11.5 Å². The second-order valence-electron chi connectivity index (χ2n) is 9.43. The van der Waals surface area contributed by atoms with Crippen LogP contribution in [0.2, 0.25) is 5.02 Å². The minimum Gasteiger partial charge on any atom is -0.486 e. The van der Waals surface area contributed by atoms with Gasteiger partial charge in [-0.3, -0.25) is 14.2 Å². The van der Waals surface area contributed by atoms with Crippen LogP contribution in [0.25, 0.3) is 27.8 Å². The largest absolute Gasteiger partial charge is 0.486 e. The monoisotopic (exact) mass is 584 g/mol. The molecule has 7 rings (SSSR count). The zero-order chi connectivity index (χ0) is 27.9. The SMILES string of the molecule is O=c1c2cc3c(=O)n(-c4nc(SCc5ccc(Cl)cc5)n[nH]4)ccc3nc2ccn1Cc1ccc2c(c1)OCCO2. The maximum Gasteiger partial charge on any atom is 0.266 e. The van der Waals surface area contributed by atoms with Gasteiger partial charge in [-0.15, -0.1) is 5.10 Å². The molecule has 0 unspecified atom stereocenters. The van der Waals surface area contributed by atoms with E-state index in [2.05, 4.69) is 20.2 Å². The van der Waals surface area contributed by atoms with Crippen molar-refractivity contribution >= 4 is 45.2 Å². The van der Waals surface area contributed by atoms with E-state index in [9.17, 15) is 9.59 Å². The molecule has 0 saturated heterocycles. The molecule has 204 valence electrons. The molecule has 0 aliphatic carbocycles. The number of aromatic amines is 1. The molecule has 0 bridgehead atoms. The third-order valence-corrected chi connectivity index (χ3v) is 7.91. The first kappa shape index (κ1) is 25.4. The number of rotatable bonds is 6. The Morgan fingerprint density at radius 1 is 0.829 bits per heavy atom. The summed E-state index contributed by atoms with van der Waals surface area (Å²) in [6.45, 7) is 1.33. The molecule has 0 fully saturated rings. The number of ether oxygens (including phenoxy) is 2. The lowest BCUT2D eigenvalue weighted by molar-refractivity contribution is 0.171. The normalized spacial score (nSPS) is 12.7. The first-order chi connectivity index (χ1) is 20.0. The van der Waals surface area contributed by atoms with E-state index in [1.807, 2.05) is 42.5 Å². The number of pyridine rings is 3. The lowest BCUT2D eigenvalue weighted by atomic mass is 10.1. The van der Waals surface area contributed by atoms with Gasteiger partial charge in [-0.1, -0.05) is 41.6 Å². The van der Waals surface area contributed by atoms with Crippen molar-refractivity contribution in [2.24, 2.45) is 0 Å². The molecule has 1 N–H and O–H groups in total. The van der Waals surface area contributed by atoms with Gasteiger partial charge in [-0.25, -0.2) is 10.1 Å². The molecule has 41 heavy (non-hydrogen) atoms. The van der Waals surface area contributed by atoms with E-state index in [0.717, 1.165) is 11.1 Å². The van der Waals surface area contributed by atoms with E-state index in [1.54, 1.807) is 35.2 Å². The Labute approximate surface area is 241 Å². The van der Waals surface area contributed by atoms with Crippen molar-refractivity contribution < 1.29 is 9.47 Å². The minimum atomic E-state index is -0.357. The first-order valence-corrected chi connectivity index (χ1v) is 14.1. The molecule has 0 saturated carbocycles. The van der Waals surface area contributed by atoms with E-state index in [1.165, 1.54) is 16.3 Å². The Hall–Kier alpha value is -4.61. The predicted octanol–water partition coefficient (Wildman–Crippen LogP) is 4.58. The van der Waals surface area contributed by atoms with Crippen LogP contribution >= 0.6 is 23.4 Å². The van der Waals surface area contributed by atoms with Crippen LogP contribution in [0.1, 0.15) is 11.1 Å². The highest BCUT2D eigenvalue weighted by atomic mass is 35.5. The summed E-state index contributed by atoms with van der Waals surface area (Å²) < 4.78 is 14.2. The van der Waals surface area contributed by atoms with Crippen LogP contribution in [-0.4, -0.2) is 42.5 Å². The Kier molecular flexibility index (Phi) is 6.44. The second-order valence-corrected chi connectivity index (χ2v) is 10.8. The Morgan fingerprint density at radius 2 is 1.56 bits per heavy atom. The maximum atomic E-state index is 13.5. The molecular weight excluding hydrogens is 564 g/mol. The number of aromatic nitrogens is 6. The summed E-state index contributed by atoms with van der Waals surface area (Å²) in [5, 5.41) is 8.91. The van der Waals surface area contributed by atoms with Gasteiger partial charge in [0.05, 0.1) is 28.4 Å².